The van der Waals surface area contributed by atoms with Gasteiger partial charge in [-0.1, -0.05) is 0 Å². The molecule has 0 saturated carbocycles. The molecule has 2 N–H and O–H groups in total. The van der Waals surface area contributed by atoms with E-state index < -0.39 is 0 Å². The number of nitrogens with two attached hydrogens (primary N) is 1. The highest BCUT2D eigenvalue weighted by molar-refractivity contribution is 9.10. The lowest BCUT2D eigenvalue weighted by Crippen LogP contribution is -2.05. The molecule has 2 aromatic rings. The van der Waals surface area contributed by atoms with Crippen LogP contribution in [-0.2, 0) is 13.0 Å². The Balaban J connectivity index is 2.22. The van der Waals surface area contributed by atoms with Crippen molar-refractivity contribution in [3.8, 4) is 11.5 Å². The summed E-state index contributed by atoms with van der Waals surface area (Å²) in [4.78, 5) is 1.15. The average molecular weight is 435 g/mol. The van der Waals surface area contributed by atoms with Crippen molar-refractivity contribution in [3.63, 3.8) is 0 Å². The van der Waals surface area contributed by atoms with E-state index in [1.165, 1.54) is 0 Å². The predicted octanol–water partition coefficient (Wildman–Crippen LogP) is 4.75. The molecule has 0 spiro atoms. The molecule has 0 unspecified atom stereocenters. The first-order chi connectivity index (χ1) is 10.2. The lowest BCUT2D eigenvalue weighted by Gasteiger charge is -2.15. The Bertz CT molecular complexity index is 601. The summed E-state index contributed by atoms with van der Waals surface area (Å²) in [7, 11) is 0. The summed E-state index contributed by atoms with van der Waals surface area (Å²) in [6.07, 6.45) is 0.815. The van der Waals surface area contributed by atoms with Crippen molar-refractivity contribution in [3.05, 3.63) is 43.0 Å². The van der Waals surface area contributed by atoms with Crippen LogP contribution in [0.25, 0.3) is 0 Å². The van der Waals surface area contributed by atoms with Crippen molar-refractivity contribution >= 4 is 43.2 Å². The first kappa shape index (κ1) is 16.8. The van der Waals surface area contributed by atoms with Gasteiger partial charge in [0.15, 0.2) is 11.5 Å². The van der Waals surface area contributed by atoms with E-state index in [0.717, 1.165) is 37.3 Å². The molecule has 0 saturated heterocycles. The van der Waals surface area contributed by atoms with Gasteiger partial charge in [0.05, 0.1) is 16.0 Å². The normalized spacial score (nSPS) is 10.7. The molecule has 0 aliphatic heterocycles. The summed E-state index contributed by atoms with van der Waals surface area (Å²) >= 11 is 8.74. The van der Waals surface area contributed by atoms with Crippen LogP contribution in [0.2, 0.25) is 0 Å². The molecule has 6 heteroatoms. The SMILES string of the molecule is CCOc1cc(CCN)cc(Br)c1OCc1sccc1Br. The van der Waals surface area contributed by atoms with Crippen LogP contribution in [0.4, 0.5) is 0 Å². The molecule has 2 rings (SSSR count). The van der Waals surface area contributed by atoms with E-state index in [-0.39, 0.29) is 0 Å². The topological polar surface area (TPSA) is 44.5 Å². The molecule has 0 aliphatic rings. The molecular formula is C15H17Br2NO2S. The Morgan fingerprint density at radius 3 is 2.62 bits per heavy atom. The van der Waals surface area contributed by atoms with Gasteiger partial charge in [-0.25, -0.2) is 0 Å². The smallest absolute Gasteiger partial charge is 0.175 e. The maximum absolute atomic E-state index is 5.96. The van der Waals surface area contributed by atoms with Gasteiger partial charge in [-0.05, 0) is 80.9 Å². The Kier molecular flexibility index (Phi) is 6.54. The summed E-state index contributed by atoms with van der Waals surface area (Å²) in [6.45, 7) is 3.67. The second-order valence-electron chi connectivity index (χ2n) is 4.36. The van der Waals surface area contributed by atoms with Crippen molar-refractivity contribution in [2.45, 2.75) is 20.0 Å². The third-order valence-electron chi connectivity index (χ3n) is 2.84. The Morgan fingerprint density at radius 1 is 1.19 bits per heavy atom. The molecule has 0 atom stereocenters. The maximum Gasteiger partial charge on any atom is 0.175 e. The minimum atomic E-state index is 0.507. The van der Waals surface area contributed by atoms with Crippen LogP contribution in [0.15, 0.2) is 32.5 Å². The van der Waals surface area contributed by atoms with E-state index in [4.69, 9.17) is 15.2 Å². The second kappa shape index (κ2) is 8.17. The molecular weight excluding hydrogens is 418 g/mol. The number of benzene rings is 1. The summed E-state index contributed by atoms with van der Waals surface area (Å²) in [6, 6.07) is 6.06. The molecule has 1 aromatic carbocycles. The lowest BCUT2D eigenvalue weighted by molar-refractivity contribution is 0.269. The van der Waals surface area contributed by atoms with Gasteiger partial charge in [-0.3, -0.25) is 0 Å². The van der Waals surface area contributed by atoms with Crippen molar-refractivity contribution in [2.75, 3.05) is 13.2 Å². The molecule has 21 heavy (non-hydrogen) atoms. The van der Waals surface area contributed by atoms with Crippen molar-refractivity contribution in [2.24, 2.45) is 5.73 Å². The minimum Gasteiger partial charge on any atom is -0.490 e. The third kappa shape index (κ3) is 4.45. The van der Waals surface area contributed by atoms with Crippen LogP contribution in [0.1, 0.15) is 17.4 Å². The molecule has 1 aromatic heterocycles. The first-order valence-electron chi connectivity index (χ1n) is 6.65. The van der Waals surface area contributed by atoms with E-state index >= 15 is 0 Å². The number of ether oxygens (including phenoxy) is 2. The van der Waals surface area contributed by atoms with E-state index in [9.17, 15) is 0 Å². The van der Waals surface area contributed by atoms with Gasteiger partial charge in [0.1, 0.15) is 6.61 Å². The van der Waals surface area contributed by atoms with Crippen molar-refractivity contribution in [1.82, 2.24) is 0 Å². The summed E-state index contributed by atoms with van der Waals surface area (Å²) in [5.74, 6) is 1.49. The zero-order chi connectivity index (χ0) is 15.2. The van der Waals surface area contributed by atoms with Gasteiger partial charge in [-0.15, -0.1) is 11.3 Å². The zero-order valence-electron chi connectivity index (χ0n) is 11.7. The molecule has 1 heterocycles. The van der Waals surface area contributed by atoms with Crippen LogP contribution in [-0.4, -0.2) is 13.2 Å². The first-order valence-corrected chi connectivity index (χ1v) is 9.12. The van der Waals surface area contributed by atoms with Gasteiger partial charge in [0.2, 0.25) is 0 Å². The van der Waals surface area contributed by atoms with Gasteiger partial charge in [0, 0.05) is 4.47 Å². The second-order valence-corrected chi connectivity index (χ2v) is 7.07. The highest BCUT2D eigenvalue weighted by Gasteiger charge is 2.13. The van der Waals surface area contributed by atoms with Crippen LogP contribution < -0.4 is 15.2 Å². The fourth-order valence-electron chi connectivity index (χ4n) is 1.90. The van der Waals surface area contributed by atoms with Gasteiger partial charge >= 0.3 is 0 Å². The van der Waals surface area contributed by atoms with Crippen LogP contribution in [0.3, 0.4) is 0 Å². The molecule has 0 aliphatic carbocycles. The summed E-state index contributed by atoms with van der Waals surface area (Å²) in [5, 5.41) is 2.03. The highest BCUT2D eigenvalue weighted by atomic mass is 79.9. The van der Waals surface area contributed by atoms with Crippen LogP contribution in [0, 0.1) is 0 Å². The van der Waals surface area contributed by atoms with Crippen molar-refractivity contribution < 1.29 is 9.47 Å². The molecule has 0 fully saturated rings. The third-order valence-corrected chi connectivity index (χ3v) is 5.33. The lowest BCUT2D eigenvalue weighted by atomic mass is 10.1. The number of halogens is 2. The van der Waals surface area contributed by atoms with Crippen LogP contribution in [0.5, 0.6) is 11.5 Å². The maximum atomic E-state index is 5.96. The summed E-state index contributed by atoms with van der Waals surface area (Å²) < 4.78 is 13.6. The van der Waals surface area contributed by atoms with E-state index in [1.807, 2.05) is 30.5 Å². The molecule has 0 radical (unpaired) electrons. The van der Waals surface area contributed by atoms with Gasteiger partial charge < -0.3 is 15.2 Å². The average Bonchev–Trinajstić information content (AvgIpc) is 2.84. The Morgan fingerprint density at radius 2 is 2.00 bits per heavy atom. The number of rotatable bonds is 7. The number of hydrogen-bond donors (Lipinski definition) is 1. The molecule has 0 amide bonds. The van der Waals surface area contributed by atoms with Crippen molar-refractivity contribution in [1.29, 1.82) is 0 Å². The molecule has 114 valence electrons. The fourth-order valence-corrected chi connectivity index (χ4v) is 3.88. The highest BCUT2D eigenvalue weighted by Crippen LogP contribution is 2.38. The quantitative estimate of drug-likeness (QED) is 0.683. The van der Waals surface area contributed by atoms with Gasteiger partial charge in [0.25, 0.3) is 0 Å². The predicted molar refractivity (Wildman–Crippen MR) is 94.4 cm³/mol. The standard InChI is InChI=1S/C15H17Br2NO2S/c1-2-19-13-8-10(3-5-18)7-12(17)15(13)20-9-14-11(16)4-6-21-14/h4,6-8H,2-3,5,9,18H2,1H3. The Hall–Kier alpha value is -0.560. The number of thiophene rings is 1. The Labute approximate surface area is 145 Å². The molecule has 3 nitrogen and oxygen atoms in total. The van der Waals surface area contributed by atoms with E-state index in [1.54, 1.807) is 11.3 Å². The largest absolute Gasteiger partial charge is 0.490 e. The zero-order valence-corrected chi connectivity index (χ0v) is 15.7. The minimum absolute atomic E-state index is 0.507. The van der Waals surface area contributed by atoms with Crippen LogP contribution >= 0.6 is 43.2 Å². The summed E-state index contributed by atoms with van der Waals surface area (Å²) in [5.41, 5.74) is 6.76. The number of hydrogen-bond acceptors (Lipinski definition) is 4. The van der Waals surface area contributed by atoms with E-state index in [0.29, 0.717) is 19.8 Å². The monoisotopic (exact) mass is 433 g/mol. The fraction of sp³-hybridized carbons (Fsp3) is 0.333. The van der Waals surface area contributed by atoms with E-state index in [2.05, 4.69) is 31.9 Å². The van der Waals surface area contributed by atoms with Gasteiger partial charge in [-0.2, -0.15) is 0 Å². The molecule has 0 bridgehead atoms.